The van der Waals surface area contributed by atoms with Crippen molar-refractivity contribution >= 4 is 17.5 Å². The first-order chi connectivity index (χ1) is 9.73. The summed E-state index contributed by atoms with van der Waals surface area (Å²) in [4.78, 5) is 10.3. The molecule has 1 N–H and O–H groups in total. The monoisotopic (exact) mass is 296 g/mol. The van der Waals surface area contributed by atoms with E-state index in [0.29, 0.717) is 29.7 Å². The summed E-state index contributed by atoms with van der Waals surface area (Å²) < 4.78 is 26.9. The quantitative estimate of drug-likeness (QED) is 0.910. The molecule has 2 aliphatic rings. The Morgan fingerprint density at radius 2 is 2.00 bits per heavy atom. The number of alkyl halides is 2. The molecule has 1 saturated heterocycles. The highest BCUT2D eigenvalue weighted by Gasteiger charge is 2.40. The normalized spacial score (nSPS) is 20.0. The van der Waals surface area contributed by atoms with Crippen LogP contribution in [0.25, 0.3) is 0 Å². The van der Waals surface area contributed by atoms with Crippen LogP contribution in [0.3, 0.4) is 0 Å². The summed E-state index contributed by atoms with van der Waals surface area (Å²) in [7, 11) is 0. The van der Waals surface area contributed by atoms with E-state index in [2.05, 4.69) is 25.5 Å². The molecule has 0 aromatic carbocycles. The van der Waals surface area contributed by atoms with E-state index in [-0.39, 0.29) is 25.0 Å². The Bertz CT molecular complexity index is 593. The molecule has 0 spiro atoms. The third-order valence-electron chi connectivity index (χ3n) is 3.29. The fourth-order valence-corrected chi connectivity index (χ4v) is 2.40. The predicted octanol–water partition coefficient (Wildman–Crippen LogP) is 3.13. The van der Waals surface area contributed by atoms with Gasteiger partial charge in [-0.1, -0.05) is 0 Å². The molecule has 0 bridgehead atoms. The second-order valence-corrected chi connectivity index (χ2v) is 6.47. The molecule has 2 aliphatic heterocycles. The van der Waals surface area contributed by atoms with Gasteiger partial charge in [0, 0.05) is 18.5 Å². The number of fused-ring (bicyclic) bond motifs is 1. The molecule has 1 aromatic rings. The molecule has 3 heterocycles. The zero-order valence-electron chi connectivity index (χ0n) is 12.3. The highest BCUT2D eigenvalue weighted by molar-refractivity contribution is 5.68. The Hall–Kier alpha value is -1.86. The topological polar surface area (TPSA) is 65.8 Å². The van der Waals surface area contributed by atoms with Gasteiger partial charge in [0.25, 0.3) is 5.92 Å². The maximum atomic E-state index is 13.4. The molecule has 1 fully saturated rings. The first kappa shape index (κ1) is 14.1. The molecule has 114 valence electrons. The van der Waals surface area contributed by atoms with Crippen molar-refractivity contribution in [3.05, 3.63) is 5.69 Å². The fraction of sp³-hybridized carbons (Fsp3) is 0.692. The molecule has 3 rings (SSSR count). The van der Waals surface area contributed by atoms with Crippen LogP contribution < -0.4 is 10.2 Å². The van der Waals surface area contributed by atoms with Crippen LogP contribution in [0.4, 0.5) is 26.2 Å². The Balaban J connectivity index is 1.97. The molecule has 0 unspecified atom stereocenters. The minimum Gasteiger partial charge on any atom is -0.350 e. The zero-order valence-corrected chi connectivity index (χ0v) is 12.3. The minimum atomic E-state index is -2.68. The number of nitrogens with zero attached hydrogens (tertiary/aromatic N) is 5. The van der Waals surface area contributed by atoms with E-state index in [1.807, 2.05) is 20.8 Å². The molecule has 0 radical (unpaired) electrons. The molecule has 0 atom stereocenters. The molecule has 0 saturated carbocycles. The Morgan fingerprint density at radius 3 is 2.62 bits per heavy atom. The summed E-state index contributed by atoms with van der Waals surface area (Å²) in [6, 6.07) is 0. The summed E-state index contributed by atoms with van der Waals surface area (Å²) in [5, 5.41) is 11.1. The Morgan fingerprint density at radius 1 is 1.24 bits per heavy atom. The zero-order chi connectivity index (χ0) is 15.3. The SMILES string of the molecule is CC(C)(C)Nc1nc2c(c(N3CCC(F)(F)C3)n1)N=NC2. The number of halogens is 2. The first-order valence-electron chi connectivity index (χ1n) is 6.93. The molecule has 8 heteroatoms. The lowest BCUT2D eigenvalue weighted by Crippen LogP contribution is -2.29. The van der Waals surface area contributed by atoms with Crippen LogP contribution in [0.15, 0.2) is 10.2 Å². The number of anilines is 2. The predicted molar refractivity (Wildman–Crippen MR) is 75.4 cm³/mol. The van der Waals surface area contributed by atoms with Crippen molar-refractivity contribution in [2.75, 3.05) is 23.3 Å². The summed E-state index contributed by atoms with van der Waals surface area (Å²) in [6.07, 6.45) is -0.162. The van der Waals surface area contributed by atoms with Crippen molar-refractivity contribution in [2.24, 2.45) is 10.2 Å². The molecule has 21 heavy (non-hydrogen) atoms. The number of hydrogen-bond acceptors (Lipinski definition) is 6. The van der Waals surface area contributed by atoms with Crippen molar-refractivity contribution in [1.82, 2.24) is 9.97 Å². The number of aromatic nitrogens is 2. The second-order valence-electron chi connectivity index (χ2n) is 6.47. The lowest BCUT2D eigenvalue weighted by atomic mass is 10.1. The van der Waals surface area contributed by atoms with Gasteiger partial charge in [0.05, 0.1) is 12.2 Å². The summed E-state index contributed by atoms with van der Waals surface area (Å²) in [5.41, 5.74) is 0.988. The second kappa shape index (κ2) is 4.57. The molecule has 0 amide bonds. The van der Waals surface area contributed by atoms with Gasteiger partial charge < -0.3 is 10.2 Å². The highest BCUT2D eigenvalue weighted by atomic mass is 19.3. The van der Waals surface area contributed by atoms with Crippen LogP contribution in [-0.4, -0.2) is 34.5 Å². The van der Waals surface area contributed by atoms with Gasteiger partial charge in [-0.25, -0.2) is 13.8 Å². The van der Waals surface area contributed by atoms with Crippen LogP contribution in [0.2, 0.25) is 0 Å². The van der Waals surface area contributed by atoms with E-state index in [1.165, 1.54) is 0 Å². The lowest BCUT2D eigenvalue weighted by molar-refractivity contribution is 0.0257. The largest absolute Gasteiger partial charge is 0.350 e. The molecular formula is C13H18F2N6. The van der Waals surface area contributed by atoms with E-state index >= 15 is 0 Å². The highest BCUT2D eigenvalue weighted by Crippen LogP contribution is 2.39. The van der Waals surface area contributed by atoms with E-state index in [1.54, 1.807) is 4.90 Å². The van der Waals surface area contributed by atoms with Gasteiger partial charge in [0.15, 0.2) is 11.5 Å². The molecule has 1 aromatic heterocycles. The van der Waals surface area contributed by atoms with Crippen LogP contribution in [-0.2, 0) is 6.54 Å². The lowest BCUT2D eigenvalue weighted by Gasteiger charge is -2.23. The van der Waals surface area contributed by atoms with Crippen LogP contribution in [0.1, 0.15) is 32.9 Å². The van der Waals surface area contributed by atoms with Gasteiger partial charge in [0.1, 0.15) is 6.54 Å². The van der Waals surface area contributed by atoms with Crippen molar-refractivity contribution in [3.63, 3.8) is 0 Å². The first-order valence-corrected chi connectivity index (χ1v) is 6.93. The van der Waals surface area contributed by atoms with Gasteiger partial charge in [0.2, 0.25) is 5.95 Å². The van der Waals surface area contributed by atoms with E-state index in [9.17, 15) is 8.78 Å². The van der Waals surface area contributed by atoms with Gasteiger partial charge in [-0.05, 0) is 20.8 Å². The third kappa shape index (κ3) is 2.93. The number of rotatable bonds is 2. The van der Waals surface area contributed by atoms with E-state index in [4.69, 9.17) is 0 Å². The van der Waals surface area contributed by atoms with Gasteiger partial charge >= 0.3 is 0 Å². The average Bonchev–Trinajstić information content (AvgIpc) is 2.91. The van der Waals surface area contributed by atoms with Crippen LogP contribution >= 0.6 is 0 Å². The van der Waals surface area contributed by atoms with E-state index < -0.39 is 5.92 Å². The smallest absolute Gasteiger partial charge is 0.266 e. The van der Waals surface area contributed by atoms with Crippen molar-refractivity contribution < 1.29 is 8.78 Å². The average molecular weight is 296 g/mol. The summed E-state index contributed by atoms with van der Waals surface area (Å²) in [6.45, 7) is 6.27. The standard InChI is InChI=1S/C13H18F2N6/c1-12(2,3)19-11-17-8-6-16-20-9(8)10(18-11)21-5-4-13(14,15)7-21/h4-7H2,1-3H3,(H,17,18,19). The van der Waals surface area contributed by atoms with Gasteiger partial charge in [-0.2, -0.15) is 10.1 Å². The molecule has 6 nitrogen and oxygen atoms in total. The number of azo groups is 1. The van der Waals surface area contributed by atoms with Crippen molar-refractivity contribution in [1.29, 1.82) is 0 Å². The number of hydrogen-bond donors (Lipinski definition) is 1. The maximum absolute atomic E-state index is 13.4. The molecular weight excluding hydrogens is 278 g/mol. The van der Waals surface area contributed by atoms with Crippen LogP contribution in [0, 0.1) is 0 Å². The molecule has 0 aliphatic carbocycles. The number of nitrogens with one attached hydrogen (secondary N) is 1. The van der Waals surface area contributed by atoms with E-state index in [0.717, 1.165) is 0 Å². The summed E-state index contributed by atoms with van der Waals surface area (Å²) in [5.74, 6) is -1.80. The Labute approximate surface area is 121 Å². The minimum absolute atomic E-state index is 0.162. The fourth-order valence-electron chi connectivity index (χ4n) is 2.40. The van der Waals surface area contributed by atoms with Gasteiger partial charge in [-0.15, -0.1) is 5.11 Å². The van der Waals surface area contributed by atoms with Crippen molar-refractivity contribution in [3.8, 4) is 0 Å². The Kier molecular flexibility index (Phi) is 3.07. The maximum Gasteiger partial charge on any atom is 0.266 e. The van der Waals surface area contributed by atoms with Crippen molar-refractivity contribution in [2.45, 2.75) is 45.2 Å². The van der Waals surface area contributed by atoms with Gasteiger partial charge in [-0.3, -0.25) is 0 Å². The third-order valence-corrected chi connectivity index (χ3v) is 3.29. The summed E-state index contributed by atoms with van der Waals surface area (Å²) >= 11 is 0. The van der Waals surface area contributed by atoms with Crippen LogP contribution in [0.5, 0.6) is 0 Å².